The summed E-state index contributed by atoms with van der Waals surface area (Å²) in [6.07, 6.45) is 4.20. The Hall–Kier alpha value is -1.10. The van der Waals surface area contributed by atoms with Crippen molar-refractivity contribution in [1.82, 2.24) is 10.1 Å². The van der Waals surface area contributed by atoms with Crippen LogP contribution in [-0.2, 0) is 5.54 Å². The Bertz CT molecular complexity index is 330. The first-order chi connectivity index (χ1) is 7.15. The zero-order valence-electron chi connectivity index (χ0n) is 9.36. The second kappa shape index (κ2) is 3.81. The number of anilines is 1. The van der Waals surface area contributed by atoms with Gasteiger partial charge >= 0.3 is 0 Å². The molecule has 0 saturated heterocycles. The third-order valence-electron chi connectivity index (χ3n) is 3.15. The van der Waals surface area contributed by atoms with Gasteiger partial charge in [0.25, 0.3) is 5.95 Å². The van der Waals surface area contributed by atoms with E-state index in [-0.39, 0.29) is 5.54 Å². The predicted octanol–water partition coefficient (Wildman–Crippen LogP) is 1.25. The largest absolute Gasteiger partial charge is 0.342 e. The molecule has 0 radical (unpaired) electrons. The zero-order chi connectivity index (χ0) is 10.9. The van der Waals surface area contributed by atoms with Crippen molar-refractivity contribution in [2.24, 2.45) is 5.73 Å². The average molecular weight is 210 g/mol. The van der Waals surface area contributed by atoms with E-state index < -0.39 is 0 Å². The van der Waals surface area contributed by atoms with E-state index >= 15 is 0 Å². The standard InChI is InChI=1S/C10H18N4O/c1-3-14(2)9-12-8(15-13-9)10(11)6-4-5-7-10/h3-7,11H2,1-2H3. The second-order valence-corrected chi connectivity index (χ2v) is 4.28. The highest BCUT2D eigenvalue weighted by atomic mass is 16.5. The fourth-order valence-electron chi connectivity index (χ4n) is 1.93. The van der Waals surface area contributed by atoms with Crippen LogP contribution in [0.4, 0.5) is 5.95 Å². The Morgan fingerprint density at radius 3 is 2.73 bits per heavy atom. The Morgan fingerprint density at radius 1 is 1.47 bits per heavy atom. The van der Waals surface area contributed by atoms with Crippen molar-refractivity contribution in [2.75, 3.05) is 18.5 Å². The summed E-state index contributed by atoms with van der Waals surface area (Å²) in [5, 5.41) is 3.94. The van der Waals surface area contributed by atoms with Gasteiger partial charge in [-0.3, -0.25) is 0 Å². The molecular weight excluding hydrogens is 192 g/mol. The number of nitrogens with two attached hydrogens (primary N) is 1. The highest BCUT2D eigenvalue weighted by Gasteiger charge is 2.37. The average Bonchev–Trinajstić information content (AvgIpc) is 2.85. The number of nitrogens with zero attached hydrogens (tertiary/aromatic N) is 3. The quantitative estimate of drug-likeness (QED) is 0.813. The third-order valence-corrected chi connectivity index (χ3v) is 3.15. The van der Waals surface area contributed by atoms with Gasteiger partial charge in [0.1, 0.15) is 0 Å². The molecule has 0 aromatic carbocycles. The van der Waals surface area contributed by atoms with Crippen LogP contribution in [0.25, 0.3) is 0 Å². The van der Waals surface area contributed by atoms with Gasteiger partial charge in [-0.15, -0.1) is 0 Å². The Balaban J connectivity index is 2.19. The molecule has 2 N–H and O–H groups in total. The maximum Gasteiger partial charge on any atom is 0.265 e. The van der Waals surface area contributed by atoms with Crippen molar-refractivity contribution in [3.63, 3.8) is 0 Å². The van der Waals surface area contributed by atoms with Crippen molar-refractivity contribution < 1.29 is 4.52 Å². The molecule has 15 heavy (non-hydrogen) atoms. The smallest absolute Gasteiger partial charge is 0.265 e. The normalized spacial score (nSPS) is 19.4. The summed E-state index contributed by atoms with van der Waals surface area (Å²) in [7, 11) is 1.94. The van der Waals surface area contributed by atoms with E-state index in [0.29, 0.717) is 11.8 Å². The molecule has 2 rings (SSSR count). The Morgan fingerprint density at radius 2 is 2.13 bits per heavy atom. The molecule has 0 amide bonds. The van der Waals surface area contributed by atoms with Gasteiger partial charge in [0.05, 0.1) is 5.54 Å². The molecule has 0 bridgehead atoms. The maximum absolute atomic E-state index is 6.22. The molecule has 1 heterocycles. The van der Waals surface area contributed by atoms with Crippen molar-refractivity contribution in [2.45, 2.75) is 38.1 Å². The Kier molecular flexibility index (Phi) is 2.65. The molecule has 0 aliphatic heterocycles. The molecule has 0 spiro atoms. The van der Waals surface area contributed by atoms with Gasteiger partial charge in [0.15, 0.2) is 0 Å². The molecule has 1 aliphatic carbocycles. The van der Waals surface area contributed by atoms with Gasteiger partial charge in [-0.2, -0.15) is 4.98 Å². The van der Waals surface area contributed by atoms with Crippen LogP contribution in [0.2, 0.25) is 0 Å². The molecular formula is C10H18N4O. The van der Waals surface area contributed by atoms with Crippen LogP contribution in [0.1, 0.15) is 38.5 Å². The van der Waals surface area contributed by atoms with Gasteiger partial charge in [-0.1, -0.05) is 12.8 Å². The van der Waals surface area contributed by atoms with Crippen LogP contribution in [0.15, 0.2) is 4.52 Å². The summed E-state index contributed by atoms with van der Waals surface area (Å²) in [6.45, 7) is 2.90. The molecule has 1 aliphatic rings. The van der Waals surface area contributed by atoms with E-state index in [1.54, 1.807) is 0 Å². The van der Waals surface area contributed by atoms with Crippen molar-refractivity contribution >= 4 is 5.95 Å². The van der Waals surface area contributed by atoms with E-state index in [0.717, 1.165) is 32.2 Å². The predicted molar refractivity (Wildman–Crippen MR) is 57.6 cm³/mol. The molecule has 1 aromatic rings. The van der Waals surface area contributed by atoms with E-state index in [9.17, 15) is 0 Å². The lowest BCUT2D eigenvalue weighted by Crippen LogP contribution is -2.33. The summed E-state index contributed by atoms with van der Waals surface area (Å²) in [5.74, 6) is 1.22. The van der Waals surface area contributed by atoms with E-state index in [1.807, 2.05) is 18.9 Å². The monoisotopic (exact) mass is 210 g/mol. The van der Waals surface area contributed by atoms with E-state index in [1.165, 1.54) is 0 Å². The minimum Gasteiger partial charge on any atom is -0.342 e. The fourth-order valence-corrected chi connectivity index (χ4v) is 1.93. The minimum absolute atomic E-state index is 0.375. The van der Waals surface area contributed by atoms with Crippen molar-refractivity contribution in [1.29, 1.82) is 0 Å². The van der Waals surface area contributed by atoms with Crippen LogP contribution in [-0.4, -0.2) is 23.7 Å². The first-order valence-electron chi connectivity index (χ1n) is 5.50. The van der Waals surface area contributed by atoms with Gasteiger partial charge in [0, 0.05) is 13.6 Å². The summed E-state index contributed by atoms with van der Waals surface area (Å²) >= 11 is 0. The Labute approximate surface area is 89.6 Å². The third kappa shape index (κ3) is 1.84. The highest BCUT2D eigenvalue weighted by Crippen LogP contribution is 2.35. The van der Waals surface area contributed by atoms with Crippen LogP contribution in [0.3, 0.4) is 0 Å². The summed E-state index contributed by atoms with van der Waals surface area (Å²) in [4.78, 5) is 6.29. The van der Waals surface area contributed by atoms with Gasteiger partial charge in [-0.05, 0) is 24.9 Å². The zero-order valence-corrected chi connectivity index (χ0v) is 9.36. The van der Waals surface area contributed by atoms with E-state index in [2.05, 4.69) is 10.1 Å². The van der Waals surface area contributed by atoms with Gasteiger partial charge < -0.3 is 15.2 Å². The van der Waals surface area contributed by atoms with Gasteiger partial charge in [-0.25, -0.2) is 0 Å². The van der Waals surface area contributed by atoms with Crippen LogP contribution >= 0.6 is 0 Å². The van der Waals surface area contributed by atoms with Crippen molar-refractivity contribution in [3.05, 3.63) is 5.89 Å². The molecule has 0 unspecified atom stereocenters. The lowest BCUT2D eigenvalue weighted by molar-refractivity contribution is 0.285. The summed E-state index contributed by atoms with van der Waals surface area (Å²) in [6, 6.07) is 0. The molecule has 0 atom stereocenters. The van der Waals surface area contributed by atoms with Crippen LogP contribution < -0.4 is 10.6 Å². The molecule has 1 saturated carbocycles. The lowest BCUT2D eigenvalue weighted by atomic mass is 10.00. The van der Waals surface area contributed by atoms with Crippen LogP contribution in [0, 0.1) is 0 Å². The molecule has 1 aromatic heterocycles. The lowest BCUT2D eigenvalue weighted by Gasteiger charge is -2.17. The van der Waals surface area contributed by atoms with Crippen molar-refractivity contribution in [3.8, 4) is 0 Å². The topological polar surface area (TPSA) is 68.2 Å². The number of hydrogen-bond donors (Lipinski definition) is 1. The molecule has 5 heteroatoms. The number of aromatic nitrogens is 2. The second-order valence-electron chi connectivity index (χ2n) is 4.28. The molecule has 1 fully saturated rings. The van der Waals surface area contributed by atoms with Crippen LogP contribution in [0.5, 0.6) is 0 Å². The summed E-state index contributed by atoms with van der Waals surface area (Å²) in [5.41, 5.74) is 5.85. The number of hydrogen-bond acceptors (Lipinski definition) is 5. The first-order valence-corrected chi connectivity index (χ1v) is 5.50. The van der Waals surface area contributed by atoms with E-state index in [4.69, 9.17) is 10.3 Å². The highest BCUT2D eigenvalue weighted by molar-refractivity contribution is 5.26. The summed E-state index contributed by atoms with van der Waals surface area (Å²) < 4.78 is 5.25. The van der Waals surface area contributed by atoms with Gasteiger partial charge in [0.2, 0.25) is 5.89 Å². The number of rotatable bonds is 3. The maximum atomic E-state index is 6.22. The minimum atomic E-state index is -0.375. The molecule has 5 nitrogen and oxygen atoms in total. The fraction of sp³-hybridized carbons (Fsp3) is 0.800. The molecule has 84 valence electrons. The SMILES string of the molecule is CCN(C)c1noc(C2(N)CCCC2)n1. The first kappa shape index (κ1) is 10.4.